The maximum absolute atomic E-state index is 13.6. The Morgan fingerprint density at radius 3 is 2.50 bits per heavy atom. The van der Waals surface area contributed by atoms with Crippen LogP contribution >= 0.6 is 0 Å². The van der Waals surface area contributed by atoms with Crippen molar-refractivity contribution in [2.24, 2.45) is 0 Å². The van der Waals surface area contributed by atoms with Gasteiger partial charge in [-0.2, -0.15) is 0 Å². The summed E-state index contributed by atoms with van der Waals surface area (Å²) in [4.78, 5) is 23.9. The van der Waals surface area contributed by atoms with E-state index in [9.17, 15) is 18.4 Å². The topological polar surface area (TPSA) is 73.9 Å². The van der Waals surface area contributed by atoms with Crippen LogP contribution in [-0.2, 0) is 14.3 Å². The van der Waals surface area contributed by atoms with Crippen LogP contribution in [0.25, 0.3) is 6.08 Å². The van der Waals surface area contributed by atoms with Gasteiger partial charge in [0.25, 0.3) is 5.91 Å². The van der Waals surface area contributed by atoms with E-state index in [0.29, 0.717) is 30.3 Å². The molecule has 0 radical (unpaired) electrons. The number of carbonyl (C=O) groups excluding carboxylic acids is 2. The lowest BCUT2D eigenvalue weighted by molar-refractivity contribution is -0.148. The van der Waals surface area contributed by atoms with Crippen molar-refractivity contribution in [2.75, 3.05) is 18.5 Å². The van der Waals surface area contributed by atoms with Gasteiger partial charge in [0, 0.05) is 6.08 Å². The Hall–Kier alpha value is -3.42. The van der Waals surface area contributed by atoms with Gasteiger partial charge < -0.3 is 19.5 Å². The Morgan fingerprint density at radius 1 is 1.11 bits per heavy atom. The summed E-state index contributed by atoms with van der Waals surface area (Å²) in [5.41, 5.74) is 0.0777. The van der Waals surface area contributed by atoms with Crippen molar-refractivity contribution in [2.45, 2.75) is 13.0 Å². The lowest BCUT2D eigenvalue weighted by Crippen LogP contribution is -2.30. The van der Waals surface area contributed by atoms with Crippen LogP contribution in [0.5, 0.6) is 11.5 Å². The molecule has 146 valence electrons. The number of para-hydroxylation sites is 1. The van der Waals surface area contributed by atoms with E-state index in [1.165, 1.54) is 19.1 Å². The van der Waals surface area contributed by atoms with Crippen molar-refractivity contribution in [3.8, 4) is 11.5 Å². The summed E-state index contributed by atoms with van der Waals surface area (Å²) in [6.45, 7) is 2.21. The lowest BCUT2D eigenvalue weighted by atomic mass is 10.2. The van der Waals surface area contributed by atoms with Crippen molar-refractivity contribution in [3.63, 3.8) is 0 Å². The number of anilines is 1. The molecule has 1 aliphatic heterocycles. The SMILES string of the molecule is C[C@@H](OC(=O)/C=C/c1ccc2c(c1)OCCO2)C(=O)Nc1c(F)cccc1F. The first-order valence-electron chi connectivity index (χ1n) is 8.47. The quantitative estimate of drug-likeness (QED) is 0.627. The third kappa shape index (κ3) is 4.64. The van der Waals surface area contributed by atoms with E-state index in [2.05, 4.69) is 5.32 Å². The molecule has 0 saturated heterocycles. The largest absolute Gasteiger partial charge is 0.486 e. The zero-order chi connectivity index (χ0) is 20.1. The van der Waals surface area contributed by atoms with Gasteiger partial charge in [-0.25, -0.2) is 13.6 Å². The lowest BCUT2D eigenvalue weighted by Gasteiger charge is -2.18. The van der Waals surface area contributed by atoms with Crippen LogP contribution in [0.15, 0.2) is 42.5 Å². The van der Waals surface area contributed by atoms with Crippen LogP contribution in [-0.4, -0.2) is 31.2 Å². The summed E-state index contributed by atoms with van der Waals surface area (Å²) in [6, 6.07) is 8.34. The minimum Gasteiger partial charge on any atom is -0.486 e. The van der Waals surface area contributed by atoms with Crippen molar-refractivity contribution in [1.29, 1.82) is 0 Å². The fourth-order valence-electron chi connectivity index (χ4n) is 2.44. The number of carbonyl (C=O) groups is 2. The van der Waals surface area contributed by atoms with Gasteiger partial charge in [-0.1, -0.05) is 12.1 Å². The summed E-state index contributed by atoms with van der Waals surface area (Å²) >= 11 is 0. The molecule has 0 aromatic heterocycles. The highest BCUT2D eigenvalue weighted by molar-refractivity contribution is 5.96. The molecule has 2 aromatic carbocycles. The molecule has 0 aliphatic carbocycles. The van der Waals surface area contributed by atoms with Crippen LogP contribution in [0, 0.1) is 11.6 Å². The zero-order valence-corrected chi connectivity index (χ0v) is 14.9. The van der Waals surface area contributed by atoms with Gasteiger partial charge in [0.2, 0.25) is 0 Å². The molecule has 0 unspecified atom stereocenters. The first kappa shape index (κ1) is 19.3. The standard InChI is InChI=1S/C20H17F2NO5/c1-12(20(25)23-19-14(21)3-2-4-15(19)22)28-18(24)8-6-13-5-7-16-17(11-13)27-10-9-26-16/h2-8,11-12H,9-10H2,1H3,(H,23,25)/b8-6+/t12-/m1/s1. The monoisotopic (exact) mass is 389 g/mol. The molecule has 3 rings (SSSR count). The summed E-state index contributed by atoms with van der Waals surface area (Å²) in [7, 11) is 0. The Kier molecular flexibility index (Phi) is 5.88. The van der Waals surface area contributed by atoms with Crippen LogP contribution in [0.3, 0.4) is 0 Å². The van der Waals surface area contributed by atoms with Crippen LogP contribution in [0.1, 0.15) is 12.5 Å². The van der Waals surface area contributed by atoms with Crippen LogP contribution < -0.4 is 14.8 Å². The maximum Gasteiger partial charge on any atom is 0.331 e. The van der Waals surface area contributed by atoms with Gasteiger partial charge in [0.1, 0.15) is 30.5 Å². The summed E-state index contributed by atoms with van der Waals surface area (Å²) in [5, 5.41) is 2.07. The average molecular weight is 389 g/mol. The third-order valence-electron chi connectivity index (χ3n) is 3.85. The number of amides is 1. The highest BCUT2D eigenvalue weighted by atomic mass is 19.1. The highest BCUT2D eigenvalue weighted by Gasteiger charge is 2.20. The molecule has 1 N–H and O–H groups in total. The second-order valence-corrected chi connectivity index (χ2v) is 5.90. The van der Waals surface area contributed by atoms with E-state index in [1.54, 1.807) is 18.2 Å². The van der Waals surface area contributed by atoms with Gasteiger partial charge in [0.05, 0.1) is 0 Å². The predicted molar refractivity (Wildman–Crippen MR) is 97.0 cm³/mol. The van der Waals surface area contributed by atoms with Gasteiger partial charge in [-0.05, 0) is 42.8 Å². The average Bonchev–Trinajstić information content (AvgIpc) is 2.69. The van der Waals surface area contributed by atoms with Crippen molar-refractivity contribution < 1.29 is 32.6 Å². The van der Waals surface area contributed by atoms with E-state index >= 15 is 0 Å². The molecule has 1 aliphatic rings. The number of halogens is 2. The highest BCUT2D eigenvalue weighted by Crippen LogP contribution is 2.31. The van der Waals surface area contributed by atoms with E-state index in [4.69, 9.17) is 14.2 Å². The number of nitrogens with one attached hydrogen (secondary N) is 1. The number of ether oxygens (including phenoxy) is 3. The zero-order valence-electron chi connectivity index (χ0n) is 14.9. The first-order valence-corrected chi connectivity index (χ1v) is 8.47. The normalized spacial score (nSPS) is 13.8. The molecule has 1 atom stereocenters. The number of rotatable bonds is 5. The Balaban J connectivity index is 1.58. The molecule has 28 heavy (non-hydrogen) atoms. The van der Waals surface area contributed by atoms with E-state index in [-0.39, 0.29) is 0 Å². The number of hydrogen-bond donors (Lipinski definition) is 1. The molecular weight excluding hydrogens is 372 g/mol. The molecule has 0 saturated carbocycles. The molecule has 0 bridgehead atoms. The smallest absolute Gasteiger partial charge is 0.331 e. The van der Waals surface area contributed by atoms with Crippen molar-refractivity contribution in [3.05, 3.63) is 59.7 Å². The number of benzene rings is 2. The molecule has 0 spiro atoms. The Bertz CT molecular complexity index is 909. The predicted octanol–water partition coefficient (Wildman–Crippen LogP) is 3.32. The number of fused-ring (bicyclic) bond motifs is 1. The number of esters is 1. The minimum atomic E-state index is -1.25. The van der Waals surface area contributed by atoms with Crippen molar-refractivity contribution >= 4 is 23.6 Å². The molecular formula is C20H17F2NO5. The maximum atomic E-state index is 13.6. The summed E-state index contributed by atoms with van der Waals surface area (Å²) in [5.74, 6) is -2.30. The summed E-state index contributed by atoms with van der Waals surface area (Å²) < 4.78 is 43.0. The van der Waals surface area contributed by atoms with E-state index in [0.717, 1.165) is 18.2 Å². The van der Waals surface area contributed by atoms with Gasteiger partial charge in [0.15, 0.2) is 17.6 Å². The van der Waals surface area contributed by atoms with Gasteiger partial charge in [-0.15, -0.1) is 0 Å². The second kappa shape index (κ2) is 8.51. The molecule has 8 heteroatoms. The van der Waals surface area contributed by atoms with Gasteiger partial charge >= 0.3 is 5.97 Å². The molecule has 0 fully saturated rings. The van der Waals surface area contributed by atoms with Crippen LogP contribution in [0.4, 0.5) is 14.5 Å². The van der Waals surface area contributed by atoms with Gasteiger partial charge in [-0.3, -0.25) is 4.79 Å². The molecule has 2 aromatic rings. The Labute approximate surface area is 159 Å². The van der Waals surface area contributed by atoms with Crippen molar-refractivity contribution in [1.82, 2.24) is 0 Å². The fourth-order valence-corrected chi connectivity index (χ4v) is 2.44. The number of hydrogen-bond acceptors (Lipinski definition) is 5. The molecule has 6 nitrogen and oxygen atoms in total. The molecule has 1 heterocycles. The Morgan fingerprint density at radius 2 is 1.79 bits per heavy atom. The third-order valence-corrected chi connectivity index (χ3v) is 3.85. The first-order chi connectivity index (χ1) is 13.4. The van der Waals surface area contributed by atoms with Crippen LogP contribution in [0.2, 0.25) is 0 Å². The fraction of sp³-hybridized carbons (Fsp3) is 0.200. The second-order valence-electron chi connectivity index (χ2n) is 5.90. The molecule has 1 amide bonds. The minimum absolute atomic E-state index is 0.442. The van der Waals surface area contributed by atoms with E-state index < -0.39 is 35.3 Å². The van der Waals surface area contributed by atoms with E-state index in [1.807, 2.05) is 0 Å². The summed E-state index contributed by atoms with van der Waals surface area (Å²) in [6.07, 6.45) is 1.37.